The highest BCUT2D eigenvalue weighted by molar-refractivity contribution is 5.68. The van der Waals surface area contributed by atoms with Crippen molar-refractivity contribution in [1.82, 2.24) is 10.2 Å². The van der Waals surface area contributed by atoms with Gasteiger partial charge in [0.15, 0.2) is 0 Å². The van der Waals surface area contributed by atoms with Gasteiger partial charge in [0.05, 0.1) is 0 Å². The fraction of sp³-hybridized carbons (Fsp3) is 0.591. The zero-order chi connectivity index (χ0) is 19.4. The highest BCUT2D eigenvalue weighted by Crippen LogP contribution is 2.39. The number of carbonyl (C=O) groups excluding carboxylic acids is 1. The van der Waals surface area contributed by atoms with Crippen LogP contribution in [0.2, 0.25) is 0 Å². The first kappa shape index (κ1) is 19.9. The van der Waals surface area contributed by atoms with Crippen LogP contribution in [-0.4, -0.2) is 42.3 Å². The quantitative estimate of drug-likeness (QED) is 0.817. The maximum Gasteiger partial charge on any atom is 0.410 e. The van der Waals surface area contributed by atoms with E-state index < -0.39 is 5.60 Å². The van der Waals surface area contributed by atoms with Gasteiger partial charge < -0.3 is 15.0 Å². The van der Waals surface area contributed by atoms with Gasteiger partial charge in [-0.3, -0.25) is 0 Å². The predicted molar refractivity (Wildman–Crippen MR) is 106 cm³/mol. The zero-order valence-corrected chi connectivity index (χ0v) is 16.6. The Kier molecular flexibility index (Phi) is 6.20. The molecule has 0 spiro atoms. The molecular formula is C22H31FN2O2. The van der Waals surface area contributed by atoms with Gasteiger partial charge in [0, 0.05) is 25.0 Å². The lowest BCUT2D eigenvalue weighted by atomic mass is 9.97. The van der Waals surface area contributed by atoms with Crippen molar-refractivity contribution in [2.24, 2.45) is 11.8 Å². The number of nitrogens with one attached hydrogen (secondary N) is 1. The van der Waals surface area contributed by atoms with E-state index in [0.717, 1.165) is 44.5 Å². The minimum absolute atomic E-state index is 0.00654. The fourth-order valence-electron chi connectivity index (χ4n) is 3.51. The average Bonchev–Trinajstić information content (AvgIpc) is 3.40. The molecule has 3 rings (SSSR count). The summed E-state index contributed by atoms with van der Waals surface area (Å²) in [6, 6.07) is 9.86. The van der Waals surface area contributed by atoms with Gasteiger partial charge in [-0.25, -0.2) is 9.18 Å². The number of rotatable bonds is 5. The lowest BCUT2D eigenvalue weighted by Crippen LogP contribution is -2.43. The van der Waals surface area contributed by atoms with Crippen LogP contribution >= 0.6 is 0 Å². The van der Waals surface area contributed by atoms with E-state index in [4.69, 9.17) is 4.74 Å². The van der Waals surface area contributed by atoms with Crippen molar-refractivity contribution in [2.75, 3.05) is 19.6 Å². The van der Waals surface area contributed by atoms with Gasteiger partial charge in [-0.15, -0.1) is 0 Å². The molecule has 2 fully saturated rings. The number of amides is 1. The highest BCUT2D eigenvalue weighted by Gasteiger charge is 2.40. The summed E-state index contributed by atoms with van der Waals surface area (Å²) in [6.45, 7) is 8.02. The minimum Gasteiger partial charge on any atom is -0.444 e. The van der Waals surface area contributed by atoms with E-state index in [0.29, 0.717) is 5.92 Å². The Morgan fingerprint density at radius 1 is 1.26 bits per heavy atom. The number of ether oxygens (including phenoxy) is 1. The molecule has 0 aromatic heterocycles. The van der Waals surface area contributed by atoms with Crippen LogP contribution in [0.1, 0.15) is 45.6 Å². The molecule has 0 radical (unpaired) electrons. The second-order valence-corrected chi connectivity index (χ2v) is 8.71. The van der Waals surface area contributed by atoms with Crippen molar-refractivity contribution in [3.8, 4) is 0 Å². The third-order valence-electron chi connectivity index (χ3n) is 5.18. The van der Waals surface area contributed by atoms with Crippen LogP contribution in [0.5, 0.6) is 0 Å². The predicted octanol–water partition coefficient (Wildman–Crippen LogP) is 4.62. The molecule has 0 bridgehead atoms. The molecule has 1 saturated heterocycles. The number of halogens is 1. The van der Waals surface area contributed by atoms with E-state index in [-0.39, 0.29) is 23.9 Å². The number of hydrogen-bond acceptors (Lipinski definition) is 3. The summed E-state index contributed by atoms with van der Waals surface area (Å²) in [6.07, 6.45) is 4.22. The number of hydrogen-bond donors (Lipinski definition) is 1. The fourth-order valence-corrected chi connectivity index (χ4v) is 3.51. The molecule has 1 aromatic carbocycles. The average molecular weight is 375 g/mol. The van der Waals surface area contributed by atoms with Gasteiger partial charge in [0.1, 0.15) is 11.4 Å². The number of nitrogens with zero attached hydrogens (tertiary/aromatic N) is 1. The molecule has 1 heterocycles. The van der Waals surface area contributed by atoms with Crippen LogP contribution in [0, 0.1) is 11.8 Å². The summed E-state index contributed by atoms with van der Waals surface area (Å²) >= 11 is 0. The Morgan fingerprint density at radius 2 is 1.93 bits per heavy atom. The number of benzene rings is 1. The summed E-state index contributed by atoms with van der Waals surface area (Å²) in [5, 5.41) is 3.51. The first-order valence-electron chi connectivity index (χ1n) is 9.95. The zero-order valence-electron chi connectivity index (χ0n) is 16.6. The van der Waals surface area contributed by atoms with Crippen LogP contribution < -0.4 is 5.32 Å². The monoisotopic (exact) mass is 374 g/mol. The van der Waals surface area contributed by atoms with Gasteiger partial charge >= 0.3 is 6.09 Å². The van der Waals surface area contributed by atoms with Gasteiger partial charge in [0.2, 0.25) is 0 Å². The van der Waals surface area contributed by atoms with Crippen molar-refractivity contribution in [3.05, 3.63) is 41.7 Å². The lowest BCUT2D eigenvalue weighted by molar-refractivity contribution is 0.0184. The van der Waals surface area contributed by atoms with E-state index in [9.17, 15) is 9.18 Å². The molecule has 1 N–H and O–H groups in total. The number of carbonyl (C=O) groups is 1. The summed E-state index contributed by atoms with van der Waals surface area (Å²) < 4.78 is 19.8. The van der Waals surface area contributed by atoms with Gasteiger partial charge in [-0.2, -0.15) is 0 Å². The largest absolute Gasteiger partial charge is 0.444 e. The standard InChI is InChI=1S/C22H31FN2O2/c1-22(2,3)27-21(26)25-11-9-17(10-12-25)15-24-20-14-18(20)19(23)13-16-7-5-4-6-8-16/h4-8,13,17-18,20,24H,9-12,14-15H2,1-3H3. The highest BCUT2D eigenvalue weighted by atomic mass is 19.1. The maximum atomic E-state index is 14.3. The van der Waals surface area contributed by atoms with Gasteiger partial charge in [0.25, 0.3) is 0 Å². The second-order valence-electron chi connectivity index (χ2n) is 8.71. The molecule has 148 valence electrons. The van der Waals surface area contributed by atoms with Crippen molar-refractivity contribution < 1.29 is 13.9 Å². The Bertz CT molecular complexity index is 661. The third kappa shape index (κ3) is 6.06. The molecule has 2 atom stereocenters. The van der Waals surface area contributed by atoms with E-state index in [1.807, 2.05) is 51.1 Å². The van der Waals surface area contributed by atoms with Crippen LogP contribution in [0.3, 0.4) is 0 Å². The molecule has 1 aromatic rings. The first-order valence-corrected chi connectivity index (χ1v) is 9.95. The Morgan fingerprint density at radius 3 is 2.56 bits per heavy atom. The smallest absolute Gasteiger partial charge is 0.410 e. The van der Waals surface area contributed by atoms with Crippen LogP contribution in [0.15, 0.2) is 36.2 Å². The van der Waals surface area contributed by atoms with Crippen LogP contribution in [0.4, 0.5) is 9.18 Å². The Balaban J connectivity index is 1.37. The minimum atomic E-state index is -0.451. The summed E-state index contributed by atoms with van der Waals surface area (Å²) in [5.41, 5.74) is 0.462. The SMILES string of the molecule is CC(C)(C)OC(=O)N1CCC(CNC2CC2C(F)=Cc2ccccc2)CC1. The molecule has 5 heteroatoms. The van der Waals surface area contributed by atoms with Crippen molar-refractivity contribution >= 4 is 12.2 Å². The van der Waals surface area contributed by atoms with Crippen molar-refractivity contribution in [1.29, 1.82) is 0 Å². The van der Waals surface area contributed by atoms with E-state index in [1.54, 1.807) is 11.0 Å². The van der Waals surface area contributed by atoms with Gasteiger partial charge in [-0.05, 0) is 64.1 Å². The Hall–Kier alpha value is -1.88. The molecule has 1 aliphatic carbocycles. The summed E-state index contributed by atoms with van der Waals surface area (Å²) in [7, 11) is 0. The van der Waals surface area contributed by atoms with E-state index in [2.05, 4.69) is 5.32 Å². The van der Waals surface area contributed by atoms with E-state index in [1.165, 1.54) is 0 Å². The third-order valence-corrected chi connectivity index (χ3v) is 5.18. The van der Waals surface area contributed by atoms with Crippen molar-refractivity contribution in [2.45, 2.75) is 51.7 Å². The summed E-state index contributed by atoms with van der Waals surface area (Å²) in [5.74, 6) is 0.511. The molecule has 1 saturated carbocycles. The van der Waals surface area contributed by atoms with Crippen LogP contribution in [0.25, 0.3) is 6.08 Å². The molecule has 27 heavy (non-hydrogen) atoms. The molecule has 2 unspecified atom stereocenters. The Labute approximate surface area is 161 Å². The van der Waals surface area contributed by atoms with Gasteiger partial charge in [-0.1, -0.05) is 30.3 Å². The first-order chi connectivity index (χ1) is 12.8. The van der Waals surface area contributed by atoms with Crippen LogP contribution in [-0.2, 0) is 4.74 Å². The topological polar surface area (TPSA) is 41.6 Å². The maximum absolute atomic E-state index is 14.3. The van der Waals surface area contributed by atoms with E-state index >= 15 is 0 Å². The lowest BCUT2D eigenvalue weighted by Gasteiger charge is -2.33. The molecule has 2 aliphatic rings. The number of piperidine rings is 1. The summed E-state index contributed by atoms with van der Waals surface area (Å²) in [4.78, 5) is 13.9. The second kappa shape index (κ2) is 8.42. The molecular weight excluding hydrogens is 343 g/mol. The molecule has 1 aliphatic heterocycles. The normalized spacial score (nSPS) is 24.0. The molecule has 1 amide bonds. The number of likely N-dealkylation sites (tertiary alicyclic amines) is 1. The van der Waals surface area contributed by atoms with Crippen molar-refractivity contribution in [3.63, 3.8) is 0 Å². The molecule has 4 nitrogen and oxygen atoms in total.